The molecule has 0 atom stereocenters. The molecule has 11 heteroatoms. The maximum Gasteiger partial charge on any atom is 0.490 e. The Labute approximate surface area is 193 Å². The molecule has 1 N–H and O–H groups in total. The molecule has 1 spiro atoms. The second kappa shape index (κ2) is 9.13. The van der Waals surface area contributed by atoms with Crippen molar-refractivity contribution in [2.24, 2.45) is 5.41 Å². The Morgan fingerprint density at radius 2 is 1.82 bits per heavy atom. The monoisotopic (exact) mass is 479 g/mol. The van der Waals surface area contributed by atoms with Crippen molar-refractivity contribution in [3.63, 3.8) is 0 Å². The predicted molar refractivity (Wildman–Crippen MR) is 115 cm³/mol. The van der Waals surface area contributed by atoms with E-state index in [-0.39, 0.29) is 18.1 Å². The molecule has 0 bridgehead atoms. The van der Waals surface area contributed by atoms with E-state index in [0.717, 1.165) is 67.6 Å². The minimum absolute atomic E-state index is 0.188. The van der Waals surface area contributed by atoms with Gasteiger partial charge in [0.15, 0.2) is 11.5 Å². The van der Waals surface area contributed by atoms with E-state index in [2.05, 4.69) is 22.0 Å². The second-order valence-electron chi connectivity index (χ2n) is 8.56. The quantitative estimate of drug-likeness (QED) is 0.675. The number of aryl methyl sites for hydroxylation is 1. The fourth-order valence-corrected chi connectivity index (χ4v) is 4.33. The van der Waals surface area contributed by atoms with Crippen LogP contribution in [0.3, 0.4) is 0 Å². The summed E-state index contributed by atoms with van der Waals surface area (Å²) >= 11 is 0. The van der Waals surface area contributed by atoms with Gasteiger partial charge in [0.25, 0.3) is 0 Å². The third kappa shape index (κ3) is 4.93. The molecule has 34 heavy (non-hydrogen) atoms. The molecule has 0 unspecified atom stereocenters. The van der Waals surface area contributed by atoms with Gasteiger partial charge in [0, 0.05) is 30.5 Å². The number of benzene rings is 1. The third-order valence-electron chi connectivity index (χ3n) is 6.21. The van der Waals surface area contributed by atoms with Gasteiger partial charge in [-0.1, -0.05) is 6.07 Å². The Morgan fingerprint density at radius 1 is 1.15 bits per heavy atom. The maximum atomic E-state index is 13.0. The fraction of sp³-hybridized carbons (Fsp3) is 0.435. The highest BCUT2D eigenvalue weighted by atomic mass is 19.4. The number of carbonyl (C=O) groups is 2. The lowest BCUT2D eigenvalue weighted by molar-refractivity contribution is -0.192. The molecule has 5 rings (SSSR count). The molecule has 0 radical (unpaired) electrons. The van der Waals surface area contributed by atoms with E-state index in [1.54, 1.807) is 0 Å². The summed E-state index contributed by atoms with van der Waals surface area (Å²) < 4.78 is 42.5. The molecule has 4 heterocycles. The summed E-state index contributed by atoms with van der Waals surface area (Å²) in [6, 6.07) is 11.9. The Hall–Kier alpha value is -3.34. The number of carbonyl (C=O) groups excluding carboxylic acids is 1. The van der Waals surface area contributed by atoms with Crippen molar-refractivity contribution in [3.05, 3.63) is 47.8 Å². The van der Waals surface area contributed by atoms with Crippen LogP contribution in [-0.4, -0.2) is 59.5 Å². The number of carboxylic acid groups (broad SMARTS) is 1. The number of alkyl halides is 3. The number of nitrogens with zero attached hydrogens (tertiary/aromatic N) is 3. The number of aromatic nitrogens is 1. The van der Waals surface area contributed by atoms with Crippen LogP contribution in [0.25, 0.3) is 0 Å². The summed E-state index contributed by atoms with van der Waals surface area (Å²) in [5, 5.41) is 7.12. The first-order valence-electron chi connectivity index (χ1n) is 10.7. The van der Waals surface area contributed by atoms with Crippen molar-refractivity contribution < 1.29 is 37.3 Å². The standard InChI is InChI=1S/C21H23N3O3.C2HF3O2/c1-15-3-2-4-16(22-15)12-23-9-7-21(8-10-23)13-24(20(21)25)17-5-6-18-19(11-17)27-14-26-18;3-2(4,5)1(6)7/h2-6,11H,7-10,12-14H2,1H3;(H,6,7). The van der Waals surface area contributed by atoms with Gasteiger partial charge in [0.1, 0.15) is 0 Å². The minimum atomic E-state index is -5.08. The minimum Gasteiger partial charge on any atom is -0.475 e. The van der Waals surface area contributed by atoms with Gasteiger partial charge < -0.3 is 19.5 Å². The SMILES string of the molecule is Cc1cccc(CN2CCC3(CC2)CN(c2ccc4c(c2)OCO4)C3=O)n1.O=C(O)C(F)(F)F. The first kappa shape index (κ1) is 23.8. The molecule has 3 aliphatic heterocycles. The van der Waals surface area contributed by atoms with E-state index in [1.807, 2.05) is 36.1 Å². The van der Waals surface area contributed by atoms with Crippen LogP contribution in [0.2, 0.25) is 0 Å². The topological polar surface area (TPSA) is 92.2 Å². The number of ether oxygens (including phenoxy) is 2. The number of likely N-dealkylation sites (tertiary alicyclic amines) is 1. The van der Waals surface area contributed by atoms with Gasteiger partial charge in [0.05, 0.1) is 11.1 Å². The molecular formula is C23H24F3N3O5. The zero-order chi connectivity index (χ0) is 24.5. The number of fused-ring (bicyclic) bond motifs is 1. The van der Waals surface area contributed by atoms with E-state index in [9.17, 15) is 18.0 Å². The number of amides is 1. The van der Waals surface area contributed by atoms with Crippen molar-refractivity contribution in [3.8, 4) is 11.5 Å². The van der Waals surface area contributed by atoms with Gasteiger partial charge in [-0.2, -0.15) is 13.2 Å². The van der Waals surface area contributed by atoms with Crippen molar-refractivity contribution in [1.29, 1.82) is 0 Å². The van der Waals surface area contributed by atoms with Gasteiger partial charge in [0.2, 0.25) is 12.7 Å². The largest absolute Gasteiger partial charge is 0.490 e. The summed E-state index contributed by atoms with van der Waals surface area (Å²) in [4.78, 5) is 30.7. The Balaban J connectivity index is 0.000000344. The van der Waals surface area contributed by atoms with Crippen molar-refractivity contribution in [2.75, 3.05) is 31.3 Å². The van der Waals surface area contributed by atoms with Gasteiger partial charge in [-0.15, -0.1) is 0 Å². The van der Waals surface area contributed by atoms with Crippen LogP contribution in [0, 0.1) is 12.3 Å². The number of β-lactam (4-membered cyclic amide) rings is 1. The molecule has 3 aliphatic rings. The van der Waals surface area contributed by atoms with E-state index < -0.39 is 12.1 Å². The van der Waals surface area contributed by atoms with E-state index in [4.69, 9.17) is 19.4 Å². The normalized spacial score (nSPS) is 18.8. The number of pyridine rings is 1. The summed E-state index contributed by atoms with van der Waals surface area (Å²) in [6.45, 7) is 5.81. The van der Waals surface area contributed by atoms with Crippen LogP contribution in [-0.2, 0) is 16.1 Å². The Kier molecular flexibility index (Phi) is 6.39. The van der Waals surface area contributed by atoms with Crippen molar-refractivity contribution in [1.82, 2.24) is 9.88 Å². The number of carboxylic acids is 1. The molecule has 1 aromatic heterocycles. The molecule has 1 amide bonds. The maximum absolute atomic E-state index is 13.0. The molecule has 2 saturated heterocycles. The summed E-state index contributed by atoms with van der Waals surface area (Å²) in [5.41, 5.74) is 2.87. The molecular weight excluding hydrogens is 455 g/mol. The average Bonchev–Trinajstić information content (AvgIpc) is 3.26. The summed E-state index contributed by atoms with van der Waals surface area (Å²) in [5.74, 6) is -1.04. The molecule has 8 nitrogen and oxygen atoms in total. The van der Waals surface area contributed by atoms with Gasteiger partial charge in [-0.05, 0) is 57.1 Å². The fourth-order valence-electron chi connectivity index (χ4n) is 4.33. The lowest BCUT2D eigenvalue weighted by Gasteiger charge is -2.52. The highest BCUT2D eigenvalue weighted by molar-refractivity contribution is 6.04. The van der Waals surface area contributed by atoms with Crippen LogP contribution < -0.4 is 14.4 Å². The van der Waals surface area contributed by atoms with Crippen LogP contribution in [0.4, 0.5) is 18.9 Å². The zero-order valence-corrected chi connectivity index (χ0v) is 18.5. The third-order valence-corrected chi connectivity index (χ3v) is 6.21. The average molecular weight is 479 g/mol. The number of hydrogen-bond donors (Lipinski definition) is 1. The first-order chi connectivity index (χ1) is 16.1. The molecule has 2 aromatic rings. The lowest BCUT2D eigenvalue weighted by Crippen LogP contribution is -2.64. The number of aliphatic carboxylic acids is 1. The summed E-state index contributed by atoms with van der Waals surface area (Å²) in [6.07, 6.45) is -3.25. The zero-order valence-electron chi connectivity index (χ0n) is 18.5. The number of anilines is 1. The first-order valence-corrected chi connectivity index (χ1v) is 10.7. The van der Waals surface area contributed by atoms with E-state index >= 15 is 0 Å². The number of hydrogen-bond acceptors (Lipinski definition) is 6. The van der Waals surface area contributed by atoms with Gasteiger partial charge in [-0.25, -0.2) is 4.79 Å². The highest BCUT2D eigenvalue weighted by Gasteiger charge is 2.53. The predicted octanol–water partition coefficient (Wildman–Crippen LogP) is 3.38. The van der Waals surface area contributed by atoms with Crippen molar-refractivity contribution in [2.45, 2.75) is 32.5 Å². The Bertz CT molecular complexity index is 1080. The highest BCUT2D eigenvalue weighted by Crippen LogP contribution is 2.46. The van der Waals surface area contributed by atoms with Crippen LogP contribution in [0.1, 0.15) is 24.2 Å². The van der Waals surface area contributed by atoms with E-state index in [1.165, 1.54) is 0 Å². The molecule has 0 saturated carbocycles. The van der Waals surface area contributed by atoms with Gasteiger partial charge >= 0.3 is 12.1 Å². The molecule has 182 valence electrons. The molecule has 0 aliphatic carbocycles. The molecule has 1 aromatic carbocycles. The Morgan fingerprint density at radius 3 is 2.44 bits per heavy atom. The van der Waals surface area contributed by atoms with Crippen LogP contribution in [0.15, 0.2) is 36.4 Å². The number of rotatable bonds is 3. The van der Waals surface area contributed by atoms with E-state index in [0.29, 0.717) is 0 Å². The van der Waals surface area contributed by atoms with Crippen LogP contribution in [0.5, 0.6) is 11.5 Å². The summed E-state index contributed by atoms with van der Waals surface area (Å²) in [7, 11) is 0. The number of halogens is 3. The number of piperidine rings is 1. The van der Waals surface area contributed by atoms with Crippen LogP contribution >= 0.6 is 0 Å². The smallest absolute Gasteiger partial charge is 0.475 e. The molecule has 2 fully saturated rings. The van der Waals surface area contributed by atoms with Gasteiger partial charge in [-0.3, -0.25) is 14.7 Å². The van der Waals surface area contributed by atoms with Crippen molar-refractivity contribution >= 4 is 17.6 Å². The lowest BCUT2D eigenvalue weighted by atomic mass is 9.70. The second-order valence-corrected chi connectivity index (χ2v) is 8.56.